The van der Waals surface area contributed by atoms with E-state index in [-0.39, 0.29) is 57.3 Å². The Labute approximate surface area is 259 Å². The Hall–Kier alpha value is -4.90. The van der Waals surface area contributed by atoms with Crippen molar-refractivity contribution in [1.29, 1.82) is 0 Å². The SMILES string of the molecule is N[C@H](Cc1ccccc1)C(=O)NNC(=O)c1ccc(CNC(=O)CN(CCNCC(=O)O)CCN(CC(=O)O)CC(=O)O)cc1. The number of benzene rings is 2. The predicted octanol–water partition coefficient (Wildman–Crippen LogP) is -1.92. The maximum Gasteiger partial charge on any atom is 0.317 e. The number of nitrogens with zero attached hydrogens (tertiary/aromatic N) is 2. The van der Waals surface area contributed by atoms with Gasteiger partial charge >= 0.3 is 17.9 Å². The van der Waals surface area contributed by atoms with E-state index in [1.165, 1.54) is 17.0 Å². The maximum atomic E-state index is 12.7. The first kappa shape index (κ1) is 36.3. The highest BCUT2D eigenvalue weighted by atomic mass is 16.4. The molecule has 0 saturated heterocycles. The summed E-state index contributed by atoms with van der Waals surface area (Å²) in [5.74, 6) is -4.93. The molecule has 244 valence electrons. The normalized spacial score (nSPS) is 11.5. The minimum atomic E-state index is -1.19. The summed E-state index contributed by atoms with van der Waals surface area (Å²) in [6, 6.07) is 14.7. The van der Waals surface area contributed by atoms with Crippen LogP contribution in [0.4, 0.5) is 0 Å². The van der Waals surface area contributed by atoms with E-state index < -0.39 is 48.9 Å². The fourth-order valence-corrected chi connectivity index (χ4v) is 4.06. The highest BCUT2D eigenvalue weighted by molar-refractivity contribution is 5.95. The highest BCUT2D eigenvalue weighted by Crippen LogP contribution is 2.05. The van der Waals surface area contributed by atoms with Crippen molar-refractivity contribution in [2.45, 2.75) is 19.0 Å². The molecule has 0 radical (unpaired) electrons. The van der Waals surface area contributed by atoms with Crippen LogP contribution in [0.5, 0.6) is 0 Å². The number of aliphatic carboxylic acids is 3. The molecule has 0 spiro atoms. The van der Waals surface area contributed by atoms with Gasteiger partial charge in [0.25, 0.3) is 11.8 Å². The molecule has 16 heteroatoms. The zero-order valence-corrected chi connectivity index (χ0v) is 24.6. The van der Waals surface area contributed by atoms with E-state index in [0.29, 0.717) is 12.0 Å². The Morgan fingerprint density at radius 3 is 1.93 bits per heavy atom. The van der Waals surface area contributed by atoms with Crippen LogP contribution in [0.2, 0.25) is 0 Å². The van der Waals surface area contributed by atoms with Gasteiger partial charge in [0.1, 0.15) is 0 Å². The summed E-state index contributed by atoms with van der Waals surface area (Å²) in [6.45, 7) is -0.596. The van der Waals surface area contributed by atoms with Crippen LogP contribution in [0.25, 0.3) is 0 Å². The fourth-order valence-electron chi connectivity index (χ4n) is 4.06. The largest absolute Gasteiger partial charge is 0.480 e. The van der Waals surface area contributed by atoms with Gasteiger partial charge in [-0.1, -0.05) is 42.5 Å². The highest BCUT2D eigenvalue weighted by Gasteiger charge is 2.18. The van der Waals surface area contributed by atoms with E-state index >= 15 is 0 Å². The number of carbonyl (C=O) groups excluding carboxylic acids is 3. The molecule has 1 atom stereocenters. The zero-order valence-electron chi connectivity index (χ0n) is 24.6. The second-order valence-corrected chi connectivity index (χ2v) is 10.1. The standard InChI is InChI=1S/C29H39N7O9/c30-23(14-20-4-2-1-3-5-20)29(45)34-33-28(44)22-8-6-21(7-9-22)15-32-24(37)17-35(11-10-31-16-25(38)39)12-13-36(18-26(40)41)19-27(42)43/h1-9,23,31H,10-19,30H2,(H,32,37)(H,33,44)(H,34,45)(H,38,39)(H,40,41)(H,42,43)/t23-/m1/s1. The predicted molar refractivity (Wildman–Crippen MR) is 161 cm³/mol. The van der Waals surface area contributed by atoms with Crippen LogP contribution in [-0.4, -0.2) is 119 Å². The lowest BCUT2D eigenvalue weighted by atomic mass is 10.1. The Morgan fingerprint density at radius 2 is 1.33 bits per heavy atom. The van der Waals surface area contributed by atoms with E-state index in [1.807, 2.05) is 30.3 Å². The maximum absolute atomic E-state index is 12.7. The molecule has 3 amide bonds. The Morgan fingerprint density at radius 1 is 0.711 bits per heavy atom. The monoisotopic (exact) mass is 629 g/mol. The van der Waals surface area contributed by atoms with E-state index in [2.05, 4.69) is 21.5 Å². The number of hydrazine groups is 1. The van der Waals surface area contributed by atoms with Crippen molar-refractivity contribution in [1.82, 2.24) is 31.3 Å². The van der Waals surface area contributed by atoms with Crippen LogP contribution in [0.3, 0.4) is 0 Å². The van der Waals surface area contributed by atoms with Gasteiger partial charge in [-0.15, -0.1) is 0 Å². The van der Waals surface area contributed by atoms with Crippen molar-refractivity contribution in [3.63, 3.8) is 0 Å². The van der Waals surface area contributed by atoms with Gasteiger partial charge in [-0.25, -0.2) is 0 Å². The van der Waals surface area contributed by atoms with E-state index in [0.717, 1.165) is 5.56 Å². The lowest BCUT2D eigenvalue weighted by Crippen LogP contribution is -2.50. The van der Waals surface area contributed by atoms with Crippen LogP contribution in [0.1, 0.15) is 21.5 Å². The van der Waals surface area contributed by atoms with Gasteiger partial charge in [0, 0.05) is 38.3 Å². The van der Waals surface area contributed by atoms with Gasteiger partial charge < -0.3 is 31.7 Å². The van der Waals surface area contributed by atoms with Gasteiger partial charge in [0.05, 0.1) is 32.2 Å². The molecule has 2 aromatic rings. The van der Waals surface area contributed by atoms with Crippen LogP contribution in [0.15, 0.2) is 54.6 Å². The van der Waals surface area contributed by atoms with Crippen LogP contribution >= 0.6 is 0 Å². The Kier molecular flexibility index (Phi) is 15.6. The first-order valence-corrected chi connectivity index (χ1v) is 14.0. The van der Waals surface area contributed by atoms with Gasteiger partial charge in [-0.3, -0.25) is 49.4 Å². The number of carbonyl (C=O) groups is 6. The summed E-state index contributed by atoms with van der Waals surface area (Å²) < 4.78 is 0. The van der Waals surface area contributed by atoms with Crippen molar-refractivity contribution < 1.29 is 44.1 Å². The second kappa shape index (κ2) is 19.4. The molecule has 16 nitrogen and oxygen atoms in total. The van der Waals surface area contributed by atoms with Crippen molar-refractivity contribution in [2.75, 3.05) is 52.4 Å². The number of amides is 3. The second-order valence-electron chi connectivity index (χ2n) is 10.1. The fraction of sp³-hybridized carbons (Fsp3) is 0.379. The summed E-state index contributed by atoms with van der Waals surface area (Å²) in [6.07, 6.45) is 0.302. The number of rotatable bonds is 20. The number of nitrogens with two attached hydrogens (primary N) is 1. The number of hydrogen-bond donors (Lipinski definition) is 8. The molecular weight excluding hydrogens is 590 g/mol. The molecule has 0 fully saturated rings. The van der Waals surface area contributed by atoms with Crippen molar-refractivity contribution >= 4 is 35.6 Å². The Balaban J connectivity index is 1.85. The molecule has 0 aliphatic carbocycles. The number of nitrogens with one attached hydrogen (secondary N) is 4. The molecular formula is C29H39N7O9. The van der Waals surface area contributed by atoms with Crippen LogP contribution in [-0.2, 0) is 36.9 Å². The summed E-state index contributed by atoms with van der Waals surface area (Å²) in [7, 11) is 0. The summed E-state index contributed by atoms with van der Waals surface area (Å²) >= 11 is 0. The summed E-state index contributed by atoms with van der Waals surface area (Å²) in [4.78, 5) is 73.2. The molecule has 0 aliphatic heterocycles. The summed E-state index contributed by atoms with van der Waals surface area (Å²) in [5, 5.41) is 32.4. The molecule has 0 saturated carbocycles. The van der Waals surface area contributed by atoms with Crippen molar-refractivity contribution in [3.05, 3.63) is 71.3 Å². The van der Waals surface area contributed by atoms with E-state index in [1.54, 1.807) is 17.0 Å². The first-order chi connectivity index (χ1) is 21.4. The molecule has 9 N–H and O–H groups in total. The number of hydrogen-bond acceptors (Lipinski definition) is 10. The number of carboxylic acids is 3. The van der Waals surface area contributed by atoms with Crippen LogP contribution in [0, 0.1) is 0 Å². The minimum Gasteiger partial charge on any atom is -0.480 e. The average molecular weight is 630 g/mol. The number of carboxylic acid groups (broad SMARTS) is 3. The quantitative estimate of drug-likeness (QED) is 0.0589. The van der Waals surface area contributed by atoms with E-state index in [9.17, 15) is 28.8 Å². The Bertz CT molecular complexity index is 1280. The third-order valence-corrected chi connectivity index (χ3v) is 6.34. The molecule has 0 bridgehead atoms. The van der Waals surface area contributed by atoms with Gasteiger partial charge in [-0.2, -0.15) is 0 Å². The third kappa shape index (κ3) is 15.4. The van der Waals surface area contributed by atoms with Gasteiger partial charge in [0.15, 0.2) is 0 Å². The average Bonchev–Trinajstić information content (AvgIpc) is 2.99. The molecule has 0 aliphatic rings. The minimum absolute atomic E-state index is 0.0494. The lowest BCUT2D eigenvalue weighted by Gasteiger charge is -2.25. The van der Waals surface area contributed by atoms with Crippen LogP contribution < -0.4 is 27.2 Å². The summed E-state index contributed by atoms with van der Waals surface area (Å²) in [5.41, 5.74) is 12.4. The van der Waals surface area contributed by atoms with Crippen molar-refractivity contribution in [2.24, 2.45) is 5.73 Å². The molecule has 0 aromatic heterocycles. The molecule has 0 heterocycles. The molecule has 45 heavy (non-hydrogen) atoms. The lowest BCUT2D eigenvalue weighted by molar-refractivity contribution is -0.142. The van der Waals surface area contributed by atoms with E-state index in [4.69, 9.17) is 21.1 Å². The van der Waals surface area contributed by atoms with Gasteiger partial charge in [0.2, 0.25) is 5.91 Å². The smallest absolute Gasteiger partial charge is 0.317 e. The third-order valence-electron chi connectivity index (χ3n) is 6.34. The molecule has 2 rings (SSSR count). The molecule has 2 aromatic carbocycles. The first-order valence-electron chi connectivity index (χ1n) is 14.0. The van der Waals surface area contributed by atoms with Crippen molar-refractivity contribution in [3.8, 4) is 0 Å². The molecule has 0 unspecified atom stereocenters. The zero-order chi connectivity index (χ0) is 33.2. The van der Waals surface area contributed by atoms with Gasteiger partial charge in [-0.05, 0) is 29.7 Å². The topological polar surface area (TPSA) is 244 Å².